The Morgan fingerprint density at radius 3 is 2.76 bits per heavy atom. The van der Waals surface area contributed by atoms with Gasteiger partial charge in [0.2, 0.25) is 0 Å². The molecule has 0 radical (unpaired) electrons. The Bertz CT molecular complexity index is 614. The molecule has 0 fully saturated rings. The lowest BCUT2D eigenvalue weighted by molar-refractivity contribution is 0.301. The standard InChI is InChI=1S/C17H21FN2O/c1-3-7-21-17-10-16(15(19)9-14(17)18)20-11-13-6-4-5-12(2)8-13/h4-6,8-10,20H,3,7,11,19H2,1-2H3. The summed E-state index contributed by atoms with van der Waals surface area (Å²) in [6, 6.07) is 11.1. The second-order valence-corrected chi connectivity index (χ2v) is 5.06. The van der Waals surface area contributed by atoms with E-state index in [-0.39, 0.29) is 5.75 Å². The fourth-order valence-electron chi connectivity index (χ4n) is 2.06. The average molecular weight is 288 g/mol. The molecule has 0 saturated carbocycles. The highest BCUT2D eigenvalue weighted by Crippen LogP contribution is 2.28. The summed E-state index contributed by atoms with van der Waals surface area (Å²) in [5.74, 6) is -0.195. The topological polar surface area (TPSA) is 47.3 Å². The Hall–Kier alpha value is -2.23. The molecule has 2 aromatic carbocycles. The minimum atomic E-state index is -0.429. The number of ether oxygens (including phenoxy) is 1. The van der Waals surface area contributed by atoms with Crippen LogP contribution in [0.1, 0.15) is 24.5 Å². The van der Waals surface area contributed by atoms with E-state index in [4.69, 9.17) is 10.5 Å². The summed E-state index contributed by atoms with van der Waals surface area (Å²) in [4.78, 5) is 0. The van der Waals surface area contributed by atoms with Crippen molar-refractivity contribution in [2.45, 2.75) is 26.8 Å². The number of nitrogens with two attached hydrogens (primary N) is 1. The largest absolute Gasteiger partial charge is 0.490 e. The Kier molecular flexibility index (Phi) is 5.04. The average Bonchev–Trinajstić information content (AvgIpc) is 2.45. The number of hydrogen-bond acceptors (Lipinski definition) is 3. The van der Waals surface area contributed by atoms with E-state index < -0.39 is 5.82 Å². The van der Waals surface area contributed by atoms with Gasteiger partial charge in [0.05, 0.1) is 18.0 Å². The van der Waals surface area contributed by atoms with E-state index in [1.807, 2.05) is 32.0 Å². The number of anilines is 2. The normalized spacial score (nSPS) is 10.4. The predicted octanol–water partition coefficient (Wildman–Crippen LogP) is 4.12. The third-order valence-electron chi connectivity index (χ3n) is 3.13. The number of hydrogen-bond donors (Lipinski definition) is 2. The summed E-state index contributed by atoms with van der Waals surface area (Å²) in [7, 11) is 0. The molecule has 3 nitrogen and oxygen atoms in total. The molecule has 0 heterocycles. The first-order chi connectivity index (χ1) is 10.1. The first-order valence-electron chi connectivity index (χ1n) is 7.11. The van der Waals surface area contributed by atoms with Crippen LogP contribution < -0.4 is 15.8 Å². The summed E-state index contributed by atoms with van der Waals surface area (Å²) < 4.78 is 19.1. The molecule has 2 aromatic rings. The van der Waals surface area contributed by atoms with Crippen LogP contribution in [0.15, 0.2) is 36.4 Å². The van der Waals surface area contributed by atoms with Crippen LogP contribution >= 0.6 is 0 Å². The molecular weight excluding hydrogens is 267 g/mol. The van der Waals surface area contributed by atoms with Crippen LogP contribution in [0, 0.1) is 12.7 Å². The number of nitrogens with one attached hydrogen (secondary N) is 1. The van der Waals surface area contributed by atoms with E-state index in [0.717, 1.165) is 12.0 Å². The summed E-state index contributed by atoms with van der Waals surface area (Å²) in [6.45, 7) is 5.14. The van der Waals surface area contributed by atoms with Gasteiger partial charge in [-0.3, -0.25) is 0 Å². The van der Waals surface area contributed by atoms with Crippen LogP contribution in [-0.4, -0.2) is 6.61 Å². The van der Waals surface area contributed by atoms with Crippen molar-refractivity contribution in [2.24, 2.45) is 0 Å². The van der Waals surface area contributed by atoms with E-state index in [0.29, 0.717) is 24.5 Å². The molecule has 0 atom stereocenters. The maximum Gasteiger partial charge on any atom is 0.167 e. The fourth-order valence-corrected chi connectivity index (χ4v) is 2.06. The van der Waals surface area contributed by atoms with Crippen molar-refractivity contribution < 1.29 is 9.13 Å². The summed E-state index contributed by atoms with van der Waals surface area (Å²) in [6.07, 6.45) is 0.829. The highest BCUT2D eigenvalue weighted by atomic mass is 19.1. The van der Waals surface area contributed by atoms with Crippen molar-refractivity contribution in [3.63, 3.8) is 0 Å². The van der Waals surface area contributed by atoms with Gasteiger partial charge in [-0.05, 0) is 18.9 Å². The molecule has 0 aliphatic rings. The minimum Gasteiger partial charge on any atom is -0.490 e. The molecule has 4 heteroatoms. The number of rotatable bonds is 6. The third-order valence-corrected chi connectivity index (χ3v) is 3.13. The van der Waals surface area contributed by atoms with E-state index in [1.54, 1.807) is 6.07 Å². The molecule has 0 saturated heterocycles. The van der Waals surface area contributed by atoms with Crippen LogP contribution in [0.2, 0.25) is 0 Å². The minimum absolute atomic E-state index is 0.234. The zero-order valence-electron chi connectivity index (χ0n) is 12.4. The molecule has 0 aliphatic carbocycles. The maximum atomic E-state index is 13.7. The summed E-state index contributed by atoms with van der Waals surface area (Å²) >= 11 is 0. The maximum absolute atomic E-state index is 13.7. The molecule has 112 valence electrons. The fraction of sp³-hybridized carbons (Fsp3) is 0.294. The Labute approximate surface area is 124 Å². The first-order valence-corrected chi connectivity index (χ1v) is 7.11. The quantitative estimate of drug-likeness (QED) is 0.786. The molecule has 0 aromatic heterocycles. The van der Waals surface area contributed by atoms with Gasteiger partial charge in [-0.1, -0.05) is 36.8 Å². The second kappa shape index (κ2) is 6.97. The lowest BCUT2D eigenvalue weighted by Crippen LogP contribution is -2.05. The molecule has 2 rings (SSSR count). The monoisotopic (exact) mass is 288 g/mol. The van der Waals surface area contributed by atoms with Crippen LogP contribution in [0.4, 0.5) is 15.8 Å². The molecule has 0 unspecified atom stereocenters. The lowest BCUT2D eigenvalue weighted by atomic mass is 10.1. The molecule has 0 aliphatic heterocycles. The Balaban J connectivity index is 2.11. The van der Waals surface area contributed by atoms with Crippen LogP contribution in [0.3, 0.4) is 0 Å². The van der Waals surface area contributed by atoms with Gasteiger partial charge in [0.1, 0.15) is 0 Å². The van der Waals surface area contributed by atoms with Crippen LogP contribution in [0.25, 0.3) is 0 Å². The SMILES string of the molecule is CCCOc1cc(NCc2cccc(C)c2)c(N)cc1F. The predicted molar refractivity (Wildman–Crippen MR) is 85.1 cm³/mol. The molecule has 0 spiro atoms. The van der Waals surface area contributed by atoms with Crippen LogP contribution in [0.5, 0.6) is 5.75 Å². The van der Waals surface area contributed by atoms with Gasteiger partial charge < -0.3 is 15.8 Å². The third kappa shape index (κ3) is 4.12. The smallest absolute Gasteiger partial charge is 0.167 e. The number of halogens is 1. The Morgan fingerprint density at radius 2 is 2.05 bits per heavy atom. The van der Waals surface area contributed by atoms with E-state index in [2.05, 4.69) is 11.4 Å². The molecule has 0 amide bonds. The van der Waals surface area contributed by atoms with Gasteiger partial charge in [0, 0.05) is 18.7 Å². The van der Waals surface area contributed by atoms with Gasteiger partial charge in [-0.25, -0.2) is 4.39 Å². The first kappa shape index (κ1) is 15.2. The van der Waals surface area contributed by atoms with Gasteiger partial charge in [-0.15, -0.1) is 0 Å². The lowest BCUT2D eigenvalue weighted by Gasteiger charge is -2.13. The van der Waals surface area contributed by atoms with E-state index in [1.165, 1.54) is 11.6 Å². The van der Waals surface area contributed by atoms with Gasteiger partial charge in [-0.2, -0.15) is 0 Å². The van der Waals surface area contributed by atoms with Crippen molar-refractivity contribution in [2.75, 3.05) is 17.7 Å². The van der Waals surface area contributed by atoms with Gasteiger partial charge in [0.25, 0.3) is 0 Å². The van der Waals surface area contributed by atoms with Gasteiger partial charge >= 0.3 is 0 Å². The van der Waals surface area contributed by atoms with Crippen molar-refractivity contribution >= 4 is 11.4 Å². The molecular formula is C17H21FN2O. The van der Waals surface area contributed by atoms with Crippen molar-refractivity contribution in [1.29, 1.82) is 0 Å². The van der Waals surface area contributed by atoms with Crippen molar-refractivity contribution in [1.82, 2.24) is 0 Å². The zero-order chi connectivity index (χ0) is 15.2. The summed E-state index contributed by atoms with van der Waals surface area (Å²) in [5.41, 5.74) is 9.27. The molecule has 3 N–H and O–H groups in total. The van der Waals surface area contributed by atoms with Crippen LogP contribution in [-0.2, 0) is 6.54 Å². The number of aryl methyl sites for hydroxylation is 1. The van der Waals surface area contributed by atoms with Crippen molar-refractivity contribution in [3.05, 3.63) is 53.3 Å². The highest BCUT2D eigenvalue weighted by molar-refractivity contribution is 5.68. The second-order valence-electron chi connectivity index (χ2n) is 5.06. The molecule has 0 bridgehead atoms. The zero-order valence-corrected chi connectivity index (χ0v) is 12.4. The number of nitrogen functional groups attached to an aromatic ring is 1. The van der Waals surface area contributed by atoms with Crippen molar-refractivity contribution in [3.8, 4) is 5.75 Å². The Morgan fingerprint density at radius 1 is 1.24 bits per heavy atom. The molecule has 21 heavy (non-hydrogen) atoms. The highest BCUT2D eigenvalue weighted by Gasteiger charge is 2.09. The van der Waals surface area contributed by atoms with E-state index in [9.17, 15) is 4.39 Å². The summed E-state index contributed by atoms with van der Waals surface area (Å²) in [5, 5.41) is 3.23. The van der Waals surface area contributed by atoms with E-state index >= 15 is 0 Å². The number of benzene rings is 2. The van der Waals surface area contributed by atoms with Gasteiger partial charge in [0.15, 0.2) is 11.6 Å².